The Morgan fingerprint density at radius 1 is 0.511 bits per heavy atom. The van der Waals surface area contributed by atoms with Crippen molar-refractivity contribution in [2.24, 2.45) is 0 Å². The third-order valence-electron chi connectivity index (χ3n) is 8.98. The van der Waals surface area contributed by atoms with Crippen LogP contribution >= 0.6 is 25.3 Å². The highest BCUT2D eigenvalue weighted by Crippen LogP contribution is 2.56. The monoisotopic (exact) mass is 654 g/mol. The number of hydrogen-bond acceptors (Lipinski definition) is 6. The number of carbonyl (C=O) groups is 2. The molecule has 0 unspecified atom stereocenters. The third-order valence-corrected chi connectivity index (χ3v) is 9.62. The van der Waals surface area contributed by atoms with Gasteiger partial charge in [0.1, 0.15) is 11.5 Å². The largest absolute Gasteiger partial charge is 0.427 e. The summed E-state index contributed by atoms with van der Waals surface area (Å²) < 4.78 is 11.2. The van der Waals surface area contributed by atoms with Gasteiger partial charge in [-0.3, -0.25) is 9.59 Å². The van der Waals surface area contributed by atoms with Gasteiger partial charge < -0.3 is 9.47 Å². The van der Waals surface area contributed by atoms with Crippen LogP contribution in [0.1, 0.15) is 47.9 Å². The van der Waals surface area contributed by atoms with Crippen molar-refractivity contribution in [2.75, 3.05) is 11.5 Å². The minimum atomic E-state index is -0.578. The number of benzene rings is 6. The lowest BCUT2D eigenvalue weighted by Crippen LogP contribution is -2.28. The van der Waals surface area contributed by atoms with Gasteiger partial charge in [0.25, 0.3) is 0 Å². The lowest BCUT2D eigenvalue weighted by Gasteiger charge is -2.34. The molecule has 1 aliphatic rings. The van der Waals surface area contributed by atoms with Gasteiger partial charge in [-0.1, -0.05) is 84.9 Å². The van der Waals surface area contributed by atoms with E-state index in [1.165, 1.54) is 22.3 Å². The molecular weight excluding hydrogens is 621 g/mol. The topological polar surface area (TPSA) is 52.6 Å². The lowest BCUT2D eigenvalue weighted by atomic mass is 9.67. The van der Waals surface area contributed by atoms with Gasteiger partial charge in [-0.2, -0.15) is 25.3 Å². The maximum Gasteiger partial charge on any atom is 0.311 e. The van der Waals surface area contributed by atoms with Crippen molar-refractivity contribution in [2.45, 2.75) is 31.1 Å². The van der Waals surface area contributed by atoms with Crippen LogP contribution in [-0.4, -0.2) is 23.4 Å². The van der Waals surface area contributed by atoms with Crippen LogP contribution in [0, 0.1) is 0 Å². The second-order valence-electron chi connectivity index (χ2n) is 11.9. The van der Waals surface area contributed by atoms with E-state index in [4.69, 9.17) is 9.47 Å². The average molecular weight is 655 g/mol. The van der Waals surface area contributed by atoms with Gasteiger partial charge in [0.05, 0.1) is 5.41 Å². The maximum absolute atomic E-state index is 12.3. The fourth-order valence-electron chi connectivity index (χ4n) is 6.88. The molecule has 0 heterocycles. The average Bonchev–Trinajstić information content (AvgIpc) is 3.40. The molecule has 0 spiro atoms. The molecule has 1 aliphatic carbocycles. The first-order valence-electron chi connectivity index (χ1n) is 15.9. The Kier molecular flexibility index (Phi) is 8.80. The van der Waals surface area contributed by atoms with E-state index in [1.54, 1.807) is 0 Å². The van der Waals surface area contributed by atoms with Crippen molar-refractivity contribution in [3.63, 3.8) is 0 Å². The maximum atomic E-state index is 12.3. The van der Waals surface area contributed by atoms with E-state index in [0.717, 1.165) is 32.7 Å². The van der Waals surface area contributed by atoms with E-state index in [1.807, 2.05) is 36.4 Å². The van der Waals surface area contributed by atoms with Crippen LogP contribution in [0.2, 0.25) is 0 Å². The fourth-order valence-corrected chi connectivity index (χ4v) is 7.19. The highest BCUT2D eigenvalue weighted by atomic mass is 32.1. The van der Waals surface area contributed by atoms with Crippen molar-refractivity contribution in [1.82, 2.24) is 0 Å². The van der Waals surface area contributed by atoms with Crippen LogP contribution in [-0.2, 0) is 15.0 Å². The molecule has 0 bridgehead atoms. The predicted molar refractivity (Wildman–Crippen MR) is 196 cm³/mol. The van der Waals surface area contributed by atoms with Crippen molar-refractivity contribution in [1.29, 1.82) is 0 Å². The van der Waals surface area contributed by atoms with Gasteiger partial charge in [-0.25, -0.2) is 0 Å². The third kappa shape index (κ3) is 5.81. The molecule has 0 atom stereocenters. The first kappa shape index (κ1) is 31.1. The van der Waals surface area contributed by atoms with Crippen LogP contribution in [0.4, 0.5) is 0 Å². The van der Waals surface area contributed by atoms with Crippen molar-refractivity contribution in [3.8, 4) is 22.6 Å². The summed E-state index contributed by atoms with van der Waals surface area (Å²) in [6, 6.07) is 42.2. The van der Waals surface area contributed by atoms with Gasteiger partial charge >= 0.3 is 11.9 Å². The summed E-state index contributed by atoms with van der Waals surface area (Å²) in [5.74, 6) is 1.89. The number of fused-ring (bicyclic) bond motifs is 5. The zero-order valence-electron chi connectivity index (χ0n) is 25.8. The van der Waals surface area contributed by atoms with Crippen LogP contribution < -0.4 is 9.47 Å². The molecule has 0 amide bonds. The molecule has 0 N–H and O–H groups in total. The molecule has 0 radical (unpaired) electrons. The molecule has 6 aromatic rings. The second-order valence-corrected chi connectivity index (χ2v) is 12.8. The van der Waals surface area contributed by atoms with E-state index in [9.17, 15) is 9.59 Å². The number of hydrogen-bond donors (Lipinski definition) is 2. The van der Waals surface area contributed by atoms with E-state index in [-0.39, 0.29) is 11.9 Å². The molecule has 6 heteroatoms. The lowest BCUT2D eigenvalue weighted by molar-refractivity contribution is -0.135. The van der Waals surface area contributed by atoms with E-state index in [2.05, 4.69) is 110 Å². The molecule has 0 aromatic heterocycles. The fraction of sp³-hybridized carbons (Fsp3) is 0.171. The highest BCUT2D eigenvalue weighted by molar-refractivity contribution is 7.80. The van der Waals surface area contributed by atoms with Crippen LogP contribution in [0.15, 0.2) is 121 Å². The van der Waals surface area contributed by atoms with Gasteiger partial charge in [0.15, 0.2) is 0 Å². The highest BCUT2D eigenvalue weighted by Gasteiger charge is 2.46. The van der Waals surface area contributed by atoms with Crippen molar-refractivity contribution in [3.05, 3.63) is 144 Å². The zero-order chi connectivity index (χ0) is 32.4. The molecule has 7 rings (SSSR count). The van der Waals surface area contributed by atoms with Gasteiger partial charge in [-0.05, 0) is 116 Å². The van der Waals surface area contributed by atoms with E-state index >= 15 is 0 Å². The predicted octanol–water partition coefficient (Wildman–Crippen LogP) is 9.59. The second kappa shape index (κ2) is 13.3. The number of carbonyl (C=O) groups excluding carboxylic acids is 2. The quantitative estimate of drug-likeness (QED) is 0.0876. The van der Waals surface area contributed by atoms with Gasteiger partial charge in [0, 0.05) is 12.8 Å². The summed E-state index contributed by atoms with van der Waals surface area (Å²) in [7, 11) is 0. The molecule has 0 saturated carbocycles. The van der Waals surface area contributed by atoms with Crippen molar-refractivity contribution >= 4 is 58.7 Å². The smallest absolute Gasteiger partial charge is 0.311 e. The summed E-state index contributed by atoms with van der Waals surface area (Å²) in [4.78, 5) is 24.6. The SMILES string of the molecule is O=C(CCCS)Oc1ccc2cc(C3(c4ccc5cc(OC(=O)CCCS)ccc5c4)c4ccccc4-c4ccccc43)ccc2c1. The number of ether oxygens (including phenoxy) is 2. The zero-order valence-corrected chi connectivity index (χ0v) is 27.6. The standard InChI is InChI=1S/C41H34O4S2/c42-39(11-5-21-46)44-33-19-15-27-23-31(17-13-29(27)25-33)41(37-9-3-1-7-35(37)36-8-2-4-10-38(36)41)32-18-14-30-26-34(20-16-28(30)24-32)45-40(43)12-6-22-47/h1-4,7-10,13-20,23-26,46-47H,5-6,11-12,21-22H2. The van der Waals surface area contributed by atoms with Gasteiger partial charge in [-0.15, -0.1) is 0 Å². The van der Waals surface area contributed by atoms with E-state index in [0.29, 0.717) is 48.7 Å². The first-order chi connectivity index (χ1) is 23.0. The Morgan fingerprint density at radius 2 is 0.915 bits per heavy atom. The summed E-state index contributed by atoms with van der Waals surface area (Å²) in [6.07, 6.45) is 2.06. The summed E-state index contributed by atoms with van der Waals surface area (Å²) >= 11 is 8.40. The van der Waals surface area contributed by atoms with Crippen LogP contribution in [0.5, 0.6) is 11.5 Å². The minimum absolute atomic E-state index is 0.247. The summed E-state index contributed by atoms with van der Waals surface area (Å²) in [5, 5.41) is 4.11. The Hall–Kier alpha value is -4.52. The molecule has 4 nitrogen and oxygen atoms in total. The molecule has 47 heavy (non-hydrogen) atoms. The molecule has 0 saturated heterocycles. The Labute approximate surface area is 285 Å². The Bertz CT molecular complexity index is 1980. The molecule has 234 valence electrons. The molecule has 6 aromatic carbocycles. The Morgan fingerprint density at radius 3 is 1.36 bits per heavy atom. The van der Waals surface area contributed by atoms with Crippen molar-refractivity contribution < 1.29 is 19.1 Å². The molecule has 0 aliphatic heterocycles. The van der Waals surface area contributed by atoms with Crippen LogP contribution in [0.25, 0.3) is 32.7 Å². The summed E-state index contributed by atoms with van der Waals surface area (Å²) in [5.41, 5.74) is 6.61. The molecule has 0 fully saturated rings. The normalized spacial score (nSPS) is 12.9. The first-order valence-corrected chi connectivity index (χ1v) is 17.2. The molecular formula is C41H34O4S2. The number of thiol groups is 2. The number of esters is 2. The number of rotatable bonds is 10. The van der Waals surface area contributed by atoms with E-state index < -0.39 is 5.41 Å². The van der Waals surface area contributed by atoms with Gasteiger partial charge in [0.2, 0.25) is 0 Å². The summed E-state index contributed by atoms with van der Waals surface area (Å²) in [6.45, 7) is 0. The Balaban J connectivity index is 1.36. The minimum Gasteiger partial charge on any atom is -0.427 e. The van der Waals surface area contributed by atoms with Crippen LogP contribution in [0.3, 0.4) is 0 Å².